The molecule has 2 N–H and O–H groups in total. The number of aromatic nitrogens is 1. The van der Waals surface area contributed by atoms with E-state index in [2.05, 4.69) is 4.98 Å². The summed E-state index contributed by atoms with van der Waals surface area (Å²) in [6.07, 6.45) is 3.02. The minimum absolute atomic E-state index is 0.267. The third kappa shape index (κ3) is 5.78. The Hall–Kier alpha value is -2.89. The lowest BCUT2D eigenvalue weighted by Gasteiger charge is -2.15. The third-order valence-corrected chi connectivity index (χ3v) is 2.83. The van der Waals surface area contributed by atoms with E-state index in [0.29, 0.717) is 17.7 Å². The Bertz CT molecular complexity index is 643. The third-order valence-electron chi connectivity index (χ3n) is 2.83. The molecule has 1 aromatic carbocycles. The highest BCUT2D eigenvalue weighted by Crippen LogP contribution is 2.18. The molecule has 0 saturated carbocycles. The number of para-hydroxylation sites is 1. The molecule has 0 bridgehead atoms. The molecule has 2 rings (SSSR count). The fourth-order valence-corrected chi connectivity index (χ4v) is 1.75. The van der Waals surface area contributed by atoms with Gasteiger partial charge in [0, 0.05) is 26.5 Å². The molecule has 122 valence electrons. The zero-order valence-corrected chi connectivity index (χ0v) is 13.5. The highest BCUT2D eigenvalue weighted by molar-refractivity contribution is 5.95. The molecule has 0 saturated heterocycles. The van der Waals surface area contributed by atoms with Crippen LogP contribution in [0.3, 0.4) is 0 Å². The van der Waals surface area contributed by atoms with Crippen molar-refractivity contribution in [1.82, 2.24) is 4.98 Å². The first-order chi connectivity index (χ1) is 11.0. The average molecular weight is 315 g/mol. The summed E-state index contributed by atoms with van der Waals surface area (Å²) in [4.78, 5) is 27.5. The molecule has 23 heavy (non-hydrogen) atoms. The molecule has 2 aromatic rings. The lowest BCUT2D eigenvalue weighted by molar-refractivity contribution is 0.0527. The summed E-state index contributed by atoms with van der Waals surface area (Å²) in [5.74, 6) is -0.708. The summed E-state index contributed by atoms with van der Waals surface area (Å²) in [6.45, 7) is 2.21. The number of pyridine rings is 1. The van der Waals surface area contributed by atoms with Gasteiger partial charge in [0.15, 0.2) is 0 Å². The smallest absolute Gasteiger partial charge is 0.340 e. The number of anilines is 1. The van der Waals surface area contributed by atoms with Gasteiger partial charge in [-0.15, -0.1) is 0 Å². The summed E-state index contributed by atoms with van der Waals surface area (Å²) in [5, 5.41) is 0. The number of rotatable bonds is 4. The van der Waals surface area contributed by atoms with Crippen LogP contribution in [0.4, 0.5) is 5.69 Å². The van der Waals surface area contributed by atoms with Crippen LogP contribution in [0.5, 0.6) is 0 Å². The van der Waals surface area contributed by atoms with Crippen molar-refractivity contribution in [2.24, 2.45) is 5.73 Å². The van der Waals surface area contributed by atoms with Crippen molar-refractivity contribution >= 4 is 17.6 Å². The van der Waals surface area contributed by atoms with Crippen LogP contribution in [-0.4, -0.2) is 37.6 Å². The van der Waals surface area contributed by atoms with Gasteiger partial charge < -0.3 is 15.4 Å². The molecule has 6 nitrogen and oxygen atoms in total. The van der Waals surface area contributed by atoms with Gasteiger partial charge in [-0.2, -0.15) is 0 Å². The van der Waals surface area contributed by atoms with Crippen molar-refractivity contribution in [2.75, 3.05) is 25.6 Å². The Labute approximate surface area is 135 Å². The minimum atomic E-state index is -0.442. The second-order valence-corrected chi connectivity index (χ2v) is 4.74. The van der Waals surface area contributed by atoms with Crippen LogP contribution in [0.1, 0.15) is 27.6 Å². The SMILES string of the molecule is CCOC(=O)c1ccccc1N(C)C.NC(=O)c1cccnc1. The van der Waals surface area contributed by atoms with E-state index in [0.717, 1.165) is 5.69 Å². The second kappa shape index (κ2) is 9.19. The maximum absolute atomic E-state index is 11.5. The molecule has 0 spiro atoms. The van der Waals surface area contributed by atoms with Crippen molar-refractivity contribution in [2.45, 2.75) is 6.92 Å². The second-order valence-electron chi connectivity index (χ2n) is 4.74. The summed E-state index contributed by atoms with van der Waals surface area (Å²) in [6, 6.07) is 10.7. The Morgan fingerprint density at radius 1 is 1.17 bits per heavy atom. The van der Waals surface area contributed by atoms with Gasteiger partial charge in [0.2, 0.25) is 5.91 Å². The highest BCUT2D eigenvalue weighted by atomic mass is 16.5. The first kappa shape index (κ1) is 18.2. The van der Waals surface area contributed by atoms with E-state index in [-0.39, 0.29) is 5.97 Å². The van der Waals surface area contributed by atoms with Crippen LogP contribution in [0.15, 0.2) is 48.8 Å². The Balaban J connectivity index is 0.000000253. The molecule has 0 aliphatic carbocycles. The summed E-state index contributed by atoms with van der Waals surface area (Å²) in [5.41, 5.74) is 6.87. The monoisotopic (exact) mass is 315 g/mol. The van der Waals surface area contributed by atoms with E-state index in [1.807, 2.05) is 37.2 Å². The normalized spacial score (nSPS) is 9.35. The molecule has 0 atom stereocenters. The average Bonchev–Trinajstić information content (AvgIpc) is 2.56. The van der Waals surface area contributed by atoms with Crippen molar-refractivity contribution in [1.29, 1.82) is 0 Å². The topological polar surface area (TPSA) is 85.5 Å². The molecule has 0 radical (unpaired) electrons. The molecule has 0 aliphatic rings. The summed E-state index contributed by atoms with van der Waals surface area (Å²) in [7, 11) is 3.80. The zero-order chi connectivity index (χ0) is 17.2. The van der Waals surface area contributed by atoms with Crippen molar-refractivity contribution in [3.05, 3.63) is 59.9 Å². The van der Waals surface area contributed by atoms with Crippen LogP contribution < -0.4 is 10.6 Å². The number of benzene rings is 1. The van der Waals surface area contributed by atoms with Crippen LogP contribution in [0, 0.1) is 0 Å². The van der Waals surface area contributed by atoms with E-state index in [4.69, 9.17) is 10.5 Å². The first-order valence-corrected chi connectivity index (χ1v) is 7.10. The van der Waals surface area contributed by atoms with Crippen LogP contribution in [0.2, 0.25) is 0 Å². The van der Waals surface area contributed by atoms with Gasteiger partial charge in [-0.05, 0) is 31.2 Å². The van der Waals surface area contributed by atoms with Gasteiger partial charge in [0.1, 0.15) is 0 Å². The Morgan fingerprint density at radius 3 is 2.35 bits per heavy atom. The van der Waals surface area contributed by atoms with Crippen molar-refractivity contribution in [3.8, 4) is 0 Å². The molecule has 6 heteroatoms. The number of primary amides is 1. The Kier molecular flexibility index (Phi) is 7.26. The predicted octanol–water partition coefficient (Wildman–Crippen LogP) is 2.11. The van der Waals surface area contributed by atoms with Crippen LogP contribution in [-0.2, 0) is 4.74 Å². The first-order valence-electron chi connectivity index (χ1n) is 7.10. The molecule has 0 aliphatic heterocycles. The molecule has 0 unspecified atom stereocenters. The fraction of sp³-hybridized carbons (Fsp3) is 0.235. The lowest BCUT2D eigenvalue weighted by atomic mass is 10.1. The number of carbonyl (C=O) groups is 2. The maximum Gasteiger partial charge on any atom is 0.340 e. The van der Waals surface area contributed by atoms with Crippen LogP contribution >= 0.6 is 0 Å². The number of amides is 1. The largest absolute Gasteiger partial charge is 0.462 e. The van der Waals surface area contributed by atoms with Crippen molar-refractivity contribution in [3.63, 3.8) is 0 Å². The van der Waals surface area contributed by atoms with Gasteiger partial charge in [0.25, 0.3) is 0 Å². The van der Waals surface area contributed by atoms with Gasteiger partial charge in [0.05, 0.1) is 23.4 Å². The molecular weight excluding hydrogens is 294 g/mol. The molecule has 1 heterocycles. The van der Waals surface area contributed by atoms with Gasteiger partial charge in [-0.3, -0.25) is 9.78 Å². The number of esters is 1. The van der Waals surface area contributed by atoms with E-state index >= 15 is 0 Å². The van der Waals surface area contributed by atoms with Crippen molar-refractivity contribution < 1.29 is 14.3 Å². The van der Waals surface area contributed by atoms with Gasteiger partial charge in [-0.25, -0.2) is 4.79 Å². The number of carbonyl (C=O) groups excluding carboxylic acids is 2. The maximum atomic E-state index is 11.5. The van der Waals surface area contributed by atoms with E-state index in [9.17, 15) is 9.59 Å². The number of hydrogen-bond acceptors (Lipinski definition) is 5. The summed E-state index contributed by atoms with van der Waals surface area (Å²) < 4.78 is 4.95. The number of nitrogens with two attached hydrogens (primary N) is 1. The standard InChI is InChI=1S/C11H15NO2.C6H6N2O/c1-4-14-11(13)9-7-5-6-8-10(9)12(2)3;7-6(9)5-2-1-3-8-4-5/h5-8H,4H2,1-3H3;1-4H,(H2,7,9). The van der Waals surface area contributed by atoms with E-state index < -0.39 is 5.91 Å². The fourth-order valence-electron chi connectivity index (χ4n) is 1.75. The van der Waals surface area contributed by atoms with Gasteiger partial charge >= 0.3 is 5.97 Å². The Morgan fingerprint density at radius 2 is 1.87 bits per heavy atom. The number of nitrogens with zero attached hydrogens (tertiary/aromatic N) is 2. The molecule has 1 amide bonds. The number of ether oxygens (including phenoxy) is 1. The zero-order valence-electron chi connectivity index (χ0n) is 13.5. The minimum Gasteiger partial charge on any atom is -0.462 e. The highest BCUT2D eigenvalue weighted by Gasteiger charge is 2.12. The molecular formula is C17H21N3O3. The number of hydrogen-bond donors (Lipinski definition) is 1. The van der Waals surface area contributed by atoms with E-state index in [1.165, 1.54) is 6.20 Å². The van der Waals surface area contributed by atoms with Gasteiger partial charge in [-0.1, -0.05) is 12.1 Å². The quantitative estimate of drug-likeness (QED) is 0.873. The predicted molar refractivity (Wildman–Crippen MR) is 89.5 cm³/mol. The van der Waals surface area contributed by atoms with Crippen LogP contribution in [0.25, 0.3) is 0 Å². The van der Waals surface area contributed by atoms with E-state index in [1.54, 1.807) is 31.3 Å². The lowest BCUT2D eigenvalue weighted by Crippen LogP contribution is -2.15. The molecule has 0 fully saturated rings. The molecule has 1 aromatic heterocycles. The summed E-state index contributed by atoms with van der Waals surface area (Å²) >= 11 is 0.